The number of rotatable bonds is 6. The van der Waals surface area contributed by atoms with Crippen LogP contribution in [0.4, 0.5) is 5.69 Å². The first-order chi connectivity index (χ1) is 9.25. The molecule has 3 nitrogen and oxygen atoms in total. The van der Waals surface area contributed by atoms with Crippen LogP contribution in [0.25, 0.3) is 0 Å². The van der Waals surface area contributed by atoms with Gasteiger partial charge in [0.25, 0.3) is 0 Å². The zero-order chi connectivity index (χ0) is 13.5. The summed E-state index contributed by atoms with van der Waals surface area (Å²) in [4.78, 5) is 11.7. The van der Waals surface area contributed by atoms with Crippen LogP contribution in [0.5, 0.6) is 0 Å². The molecule has 2 aromatic rings. The molecule has 19 heavy (non-hydrogen) atoms. The molecule has 100 valence electrons. The lowest BCUT2D eigenvalue weighted by Crippen LogP contribution is -2.25. The number of hydrogen-bond donors (Lipinski definition) is 2. The van der Waals surface area contributed by atoms with Crippen LogP contribution >= 0.6 is 11.3 Å². The highest BCUT2D eigenvalue weighted by Crippen LogP contribution is 2.12. The molecule has 0 spiro atoms. The quantitative estimate of drug-likeness (QED) is 0.796. The third-order valence-corrected chi connectivity index (χ3v) is 3.72. The number of para-hydroxylation sites is 1. The lowest BCUT2D eigenvalue weighted by molar-refractivity contribution is -0.121. The van der Waals surface area contributed by atoms with Gasteiger partial charge in [0.15, 0.2) is 0 Å². The number of nitrogens with two attached hydrogens (primary N) is 1. The Morgan fingerprint density at radius 2 is 2.05 bits per heavy atom. The van der Waals surface area contributed by atoms with Crippen molar-refractivity contribution in [3.05, 3.63) is 52.2 Å². The van der Waals surface area contributed by atoms with Crippen molar-refractivity contribution in [3.8, 4) is 0 Å². The van der Waals surface area contributed by atoms with Gasteiger partial charge in [-0.05, 0) is 46.9 Å². The lowest BCUT2D eigenvalue weighted by Gasteiger charge is -2.06. The molecule has 3 N–H and O–H groups in total. The van der Waals surface area contributed by atoms with Gasteiger partial charge in [0.1, 0.15) is 0 Å². The van der Waals surface area contributed by atoms with Crippen molar-refractivity contribution in [3.63, 3.8) is 0 Å². The van der Waals surface area contributed by atoms with Crippen LogP contribution in [0, 0.1) is 0 Å². The van der Waals surface area contributed by atoms with Crippen LogP contribution < -0.4 is 11.1 Å². The Balaban J connectivity index is 1.69. The topological polar surface area (TPSA) is 55.1 Å². The molecule has 0 saturated heterocycles. The highest BCUT2D eigenvalue weighted by Gasteiger charge is 2.04. The van der Waals surface area contributed by atoms with Crippen molar-refractivity contribution in [2.45, 2.75) is 19.3 Å². The number of carbonyl (C=O) groups is 1. The maximum absolute atomic E-state index is 11.7. The van der Waals surface area contributed by atoms with Crippen LogP contribution in [-0.4, -0.2) is 12.5 Å². The maximum atomic E-state index is 11.7. The van der Waals surface area contributed by atoms with Crippen molar-refractivity contribution in [2.75, 3.05) is 12.3 Å². The van der Waals surface area contributed by atoms with Gasteiger partial charge in [-0.25, -0.2) is 0 Å². The Morgan fingerprint density at radius 1 is 1.21 bits per heavy atom. The molecule has 1 heterocycles. The number of nitrogens with one attached hydrogen (secondary N) is 1. The summed E-state index contributed by atoms with van der Waals surface area (Å²) < 4.78 is 0. The predicted molar refractivity (Wildman–Crippen MR) is 80.2 cm³/mol. The number of carbonyl (C=O) groups excluding carboxylic acids is 1. The maximum Gasteiger partial charge on any atom is 0.220 e. The minimum Gasteiger partial charge on any atom is -0.399 e. The SMILES string of the molecule is Nc1ccccc1CCC(=O)NCCc1ccsc1. The Kier molecular flexibility index (Phi) is 4.98. The fourth-order valence-corrected chi connectivity index (χ4v) is 2.58. The molecule has 0 aliphatic carbocycles. The summed E-state index contributed by atoms with van der Waals surface area (Å²) in [5.74, 6) is 0.0819. The molecule has 0 radical (unpaired) electrons. The van der Waals surface area contributed by atoms with Crippen molar-refractivity contribution in [2.24, 2.45) is 0 Å². The highest BCUT2D eigenvalue weighted by atomic mass is 32.1. The first-order valence-corrected chi connectivity index (χ1v) is 7.31. The average Bonchev–Trinajstić information content (AvgIpc) is 2.91. The van der Waals surface area contributed by atoms with E-state index in [0.717, 1.165) is 17.7 Å². The van der Waals surface area contributed by atoms with E-state index in [0.29, 0.717) is 19.4 Å². The Labute approximate surface area is 117 Å². The summed E-state index contributed by atoms with van der Waals surface area (Å²) in [5, 5.41) is 7.09. The van der Waals surface area contributed by atoms with E-state index in [1.807, 2.05) is 24.3 Å². The minimum absolute atomic E-state index is 0.0819. The largest absolute Gasteiger partial charge is 0.399 e. The number of anilines is 1. The van der Waals surface area contributed by atoms with Crippen LogP contribution in [0.3, 0.4) is 0 Å². The first kappa shape index (κ1) is 13.6. The van der Waals surface area contributed by atoms with E-state index >= 15 is 0 Å². The molecule has 4 heteroatoms. The summed E-state index contributed by atoms with van der Waals surface area (Å²) >= 11 is 1.68. The number of hydrogen-bond acceptors (Lipinski definition) is 3. The first-order valence-electron chi connectivity index (χ1n) is 6.37. The number of nitrogen functional groups attached to an aromatic ring is 1. The smallest absolute Gasteiger partial charge is 0.220 e. The number of thiophene rings is 1. The van der Waals surface area contributed by atoms with Crippen LogP contribution in [-0.2, 0) is 17.6 Å². The number of amides is 1. The number of aryl methyl sites for hydroxylation is 1. The van der Waals surface area contributed by atoms with Gasteiger partial charge in [0, 0.05) is 18.7 Å². The van der Waals surface area contributed by atoms with Crippen molar-refractivity contribution in [1.29, 1.82) is 0 Å². The van der Waals surface area contributed by atoms with Crippen LogP contribution in [0.2, 0.25) is 0 Å². The Hall–Kier alpha value is -1.81. The van der Waals surface area contributed by atoms with Gasteiger partial charge in [-0.3, -0.25) is 4.79 Å². The molecule has 0 bridgehead atoms. The molecule has 1 aromatic heterocycles. The van der Waals surface area contributed by atoms with Crippen molar-refractivity contribution in [1.82, 2.24) is 5.32 Å². The standard InChI is InChI=1S/C15H18N2OS/c16-14-4-2-1-3-13(14)5-6-15(18)17-9-7-12-8-10-19-11-12/h1-4,8,10-11H,5-7,9,16H2,(H,17,18). The predicted octanol–water partition coefficient (Wildman–Crippen LogP) is 2.62. The lowest BCUT2D eigenvalue weighted by atomic mass is 10.1. The Bertz CT molecular complexity index is 523. The average molecular weight is 274 g/mol. The molecule has 0 saturated carbocycles. The monoisotopic (exact) mass is 274 g/mol. The fourth-order valence-electron chi connectivity index (χ4n) is 1.88. The molecular weight excluding hydrogens is 256 g/mol. The second-order valence-electron chi connectivity index (χ2n) is 4.43. The second kappa shape index (κ2) is 6.95. The summed E-state index contributed by atoms with van der Waals surface area (Å²) in [6.45, 7) is 0.694. The molecule has 0 fully saturated rings. The fraction of sp³-hybridized carbons (Fsp3) is 0.267. The zero-order valence-electron chi connectivity index (χ0n) is 10.8. The van der Waals surface area contributed by atoms with E-state index in [-0.39, 0.29) is 5.91 Å². The van der Waals surface area contributed by atoms with Gasteiger partial charge in [-0.15, -0.1) is 0 Å². The van der Waals surface area contributed by atoms with Gasteiger partial charge in [0.2, 0.25) is 5.91 Å². The molecule has 1 aromatic carbocycles. The molecule has 0 aliphatic rings. The van der Waals surface area contributed by atoms with E-state index in [9.17, 15) is 4.79 Å². The number of benzene rings is 1. The normalized spacial score (nSPS) is 10.3. The zero-order valence-corrected chi connectivity index (χ0v) is 11.6. The van der Waals surface area contributed by atoms with Gasteiger partial charge < -0.3 is 11.1 Å². The van der Waals surface area contributed by atoms with E-state index < -0.39 is 0 Å². The van der Waals surface area contributed by atoms with Crippen molar-refractivity contribution < 1.29 is 4.79 Å². The summed E-state index contributed by atoms with van der Waals surface area (Å²) in [7, 11) is 0. The van der Waals surface area contributed by atoms with E-state index in [4.69, 9.17) is 5.73 Å². The van der Waals surface area contributed by atoms with Crippen LogP contribution in [0.15, 0.2) is 41.1 Å². The van der Waals surface area contributed by atoms with E-state index in [2.05, 4.69) is 22.1 Å². The second-order valence-corrected chi connectivity index (χ2v) is 5.21. The molecule has 0 unspecified atom stereocenters. The van der Waals surface area contributed by atoms with Crippen molar-refractivity contribution >= 4 is 22.9 Å². The van der Waals surface area contributed by atoms with Gasteiger partial charge in [-0.2, -0.15) is 11.3 Å². The van der Waals surface area contributed by atoms with E-state index in [1.54, 1.807) is 11.3 Å². The minimum atomic E-state index is 0.0819. The summed E-state index contributed by atoms with van der Waals surface area (Å²) in [6, 6.07) is 9.76. The third-order valence-electron chi connectivity index (χ3n) is 2.99. The summed E-state index contributed by atoms with van der Waals surface area (Å²) in [5.41, 5.74) is 8.91. The highest BCUT2D eigenvalue weighted by molar-refractivity contribution is 7.07. The Morgan fingerprint density at radius 3 is 2.79 bits per heavy atom. The van der Waals surface area contributed by atoms with E-state index in [1.165, 1.54) is 5.56 Å². The van der Waals surface area contributed by atoms with Gasteiger partial charge in [-0.1, -0.05) is 18.2 Å². The van der Waals surface area contributed by atoms with Gasteiger partial charge in [0.05, 0.1) is 0 Å². The third kappa shape index (κ3) is 4.41. The molecular formula is C15H18N2OS. The molecule has 0 aliphatic heterocycles. The van der Waals surface area contributed by atoms with Gasteiger partial charge >= 0.3 is 0 Å². The molecule has 2 rings (SSSR count). The summed E-state index contributed by atoms with van der Waals surface area (Å²) in [6.07, 6.45) is 2.07. The molecule has 0 atom stereocenters. The van der Waals surface area contributed by atoms with Crippen LogP contribution in [0.1, 0.15) is 17.5 Å². The molecule has 1 amide bonds.